The Bertz CT molecular complexity index is 575. The molecule has 1 unspecified atom stereocenters. The van der Waals surface area contributed by atoms with E-state index in [9.17, 15) is 0 Å². The summed E-state index contributed by atoms with van der Waals surface area (Å²) in [6.07, 6.45) is 3.93. The number of aryl methyl sites for hydroxylation is 2. The number of benzene rings is 1. The minimum Gasteiger partial charge on any atom is -0.310 e. The fourth-order valence-corrected chi connectivity index (χ4v) is 3.14. The van der Waals surface area contributed by atoms with E-state index in [0.29, 0.717) is 6.04 Å². The third-order valence-corrected chi connectivity index (χ3v) is 4.08. The van der Waals surface area contributed by atoms with Gasteiger partial charge in [-0.05, 0) is 61.7 Å². The highest BCUT2D eigenvalue weighted by molar-refractivity contribution is 9.10. The van der Waals surface area contributed by atoms with Gasteiger partial charge in [0.2, 0.25) is 0 Å². The highest BCUT2D eigenvalue weighted by atomic mass is 79.9. The molecule has 3 heteroatoms. The Morgan fingerprint density at radius 3 is 2.71 bits per heavy atom. The summed E-state index contributed by atoms with van der Waals surface area (Å²) in [4.78, 5) is 4.54. The van der Waals surface area contributed by atoms with Gasteiger partial charge >= 0.3 is 0 Å². The first-order valence-corrected chi connectivity index (χ1v) is 8.30. The molecule has 21 heavy (non-hydrogen) atoms. The summed E-state index contributed by atoms with van der Waals surface area (Å²) < 4.78 is 1.14. The summed E-state index contributed by atoms with van der Waals surface area (Å²) in [5.74, 6) is 0. The van der Waals surface area contributed by atoms with E-state index < -0.39 is 0 Å². The number of aromatic nitrogens is 1. The summed E-state index contributed by atoms with van der Waals surface area (Å²) >= 11 is 3.61. The van der Waals surface area contributed by atoms with Crippen molar-refractivity contribution in [3.63, 3.8) is 0 Å². The number of hydrogen-bond donors (Lipinski definition) is 1. The SMILES string of the molecule is CCCNC(Cc1ncccc1C)c1cc(C)cc(Br)c1. The van der Waals surface area contributed by atoms with Crippen molar-refractivity contribution in [1.82, 2.24) is 10.3 Å². The average Bonchev–Trinajstić information content (AvgIpc) is 2.44. The van der Waals surface area contributed by atoms with Crippen LogP contribution in [0, 0.1) is 13.8 Å². The average molecular weight is 347 g/mol. The van der Waals surface area contributed by atoms with E-state index in [1.165, 1.54) is 22.4 Å². The zero-order chi connectivity index (χ0) is 15.2. The van der Waals surface area contributed by atoms with Gasteiger partial charge in [-0.25, -0.2) is 0 Å². The molecule has 2 rings (SSSR count). The minimum atomic E-state index is 0.301. The molecule has 112 valence electrons. The Kier molecular flexibility index (Phi) is 5.95. The molecule has 1 atom stereocenters. The van der Waals surface area contributed by atoms with Crippen molar-refractivity contribution in [3.05, 3.63) is 63.4 Å². The normalized spacial score (nSPS) is 12.4. The van der Waals surface area contributed by atoms with Crippen molar-refractivity contribution in [2.24, 2.45) is 0 Å². The molecule has 2 aromatic rings. The second kappa shape index (κ2) is 7.71. The van der Waals surface area contributed by atoms with Gasteiger partial charge in [0.05, 0.1) is 0 Å². The van der Waals surface area contributed by atoms with Crippen LogP contribution in [-0.2, 0) is 6.42 Å². The summed E-state index contributed by atoms with van der Waals surface area (Å²) in [5, 5.41) is 3.66. The van der Waals surface area contributed by atoms with Crippen molar-refractivity contribution < 1.29 is 0 Å². The van der Waals surface area contributed by atoms with E-state index in [-0.39, 0.29) is 0 Å². The number of pyridine rings is 1. The van der Waals surface area contributed by atoms with Gasteiger partial charge in [0, 0.05) is 28.8 Å². The topological polar surface area (TPSA) is 24.9 Å². The van der Waals surface area contributed by atoms with Crippen LogP contribution in [0.15, 0.2) is 41.0 Å². The molecule has 0 saturated carbocycles. The third kappa shape index (κ3) is 4.65. The molecule has 0 fully saturated rings. The molecule has 1 heterocycles. The van der Waals surface area contributed by atoms with E-state index in [2.05, 4.69) is 71.3 Å². The largest absolute Gasteiger partial charge is 0.310 e. The highest BCUT2D eigenvalue weighted by Gasteiger charge is 2.14. The van der Waals surface area contributed by atoms with Crippen LogP contribution in [0.2, 0.25) is 0 Å². The van der Waals surface area contributed by atoms with Gasteiger partial charge < -0.3 is 5.32 Å². The van der Waals surface area contributed by atoms with Gasteiger partial charge in [0.1, 0.15) is 0 Å². The highest BCUT2D eigenvalue weighted by Crippen LogP contribution is 2.24. The summed E-state index contributed by atoms with van der Waals surface area (Å²) in [7, 11) is 0. The molecule has 0 bridgehead atoms. The van der Waals surface area contributed by atoms with E-state index in [4.69, 9.17) is 0 Å². The maximum atomic E-state index is 4.54. The zero-order valence-electron chi connectivity index (χ0n) is 13.0. The standard InChI is InChI=1S/C18H23BrN2/c1-4-7-20-18(12-17-14(3)6-5-8-21-17)15-9-13(2)10-16(19)11-15/h5-6,8-11,18,20H,4,7,12H2,1-3H3. The van der Waals surface area contributed by atoms with Crippen LogP contribution in [0.5, 0.6) is 0 Å². The maximum Gasteiger partial charge on any atom is 0.0451 e. The molecule has 0 saturated heterocycles. The quantitative estimate of drug-likeness (QED) is 0.816. The molecule has 1 N–H and O–H groups in total. The molecule has 1 aromatic carbocycles. The minimum absolute atomic E-state index is 0.301. The molecule has 0 amide bonds. The Morgan fingerprint density at radius 1 is 1.24 bits per heavy atom. The van der Waals surface area contributed by atoms with Crippen molar-refractivity contribution in [3.8, 4) is 0 Å². The second-order valence-electron chi connectivity index (χ2n) is 5.54. The molecular formula is C18H23BrN2. The molecule has 1 aromatic heterocycles. The number of halogens is 1. The first-order chi connectivity index (χ1) is 10.1. The zero-order valence-corrected chi connectivity index (χ0v) is 14.6. The van der Waals surface area contributed by atoms with Crippen LogP contribution in [0.4, 0.5) is 0 Å². The van der Waals surface area contributed by atoms with Crippen LogP contribution < -0.4 is 5.32 Å². The van der Waals surface area contributed by atoms with Crippen LogP contribution in [-0.4, -0.2) is 11.5 Å². The Labute approximate surface area is 136 Å². The van der Waals surface area contributed by atoms with Crippen molar-refractivity contribution >= 4 is 15.9 Å². The molecular weight excluding hydrogens is 324 g/mol. The van der Waals surface area contributed by atoms with Crippen molar-refractivity contribution in [2.45, 2.75) is 39.7 Å². The van der Waals surface area contributed by atoms with Gasteiger partial charge in [0.15, 0.2) is 0 Å². The van der Waals surface area contributed by atoms with E-state index in [0.717, 1.165) is 23.9 Å². The fraction of sp³-hybridized carbons (Fsp3) is 0.389. The Hall–Kier alpha value is -1.19. The lowest BCUT2D eigenvalue weighted by Crippen LogP contribution is -2.25. The monoisotopic (exact) mass is 346 g/mol. The lowest BCUT2D eigenvalue weighted by Gasteiger charge is -2.20. The van der Waals surface area contributed by atoms with Crippen LogP contribution >= 0.6 is 15.9 Å². The van der Waals surface area contributed by atoms with Crippen molar-refractivity contribution in [2.75, 3.05) is 6.54 Å². The van der Waals surface area contributed by atoms with E-state index >= 15 is 0 Å². The number of nitrogens with zero attached hydrogens (tertiary/aromatic N) is 1. The summed E-state index contributed by atoms with van der Waals surface area (Å²) in [6.45, 7) is 7.48. The molecule has 0 aliphatic rings. The van der Waals surface area contributed by atoms with Crippen LogP contribution in [0.25, 0.3) is 0 Å². The molecule has 0 aliphatic heterocycles. The maximum absolute atomic E-state index is 4.54. The number of hydrogen-bond acceptors (Lipinski definition) is 2. The Morgan fingerprint density at radius 2 is 2.05 bits per heavy atom. The number of rotatable bonds is 6. The van der Waals surface area contributed by atoms with E-state index in [1.807, 2.05) is 12.3 Å². The molecule has 0 aliphatic carbocycles. The van der Waals surface area contributed by atoms with Gasteiger partial charge in [0.25, 0.3) is 0 Å². The molecule has 0 spiro atoms. The van der Waals surface area contributed by atoms with Gasteiger partial charge in [-0.1, -0.05) is 35.0 Å². The second-order valence-corrected chi connectivity index (χ2v) is 6.46. The van der Waals surface area contributed by atoms with Gasteiger partial charge in [-0.3, -0.25) is 4.98 Å². The first-order valence-electron chi connectivity index (χ1n) is 7.51. The lowest BCUT2D eigenvalue weighted by atomic mass is 9.98. The first kappa shape index (κ1) is 16.2. The summed E-state index contributed by atoms with van der Waals surface area (Å²) in [6, 6.07) is 11.0. The third-order valence-electron chi connectivity index (χ3n) is 3.62. The predicted octanol–water partition coefficient (Wildman–Crippen LogP) is 4.74. The fourth-order valence-electron chi connectivity index (χ4n) is 2.52. The van der Waals surface area contributed by atoms with Crippen LogP contribution in [0.3, 0.4) is 0 Å². The van der Waals surface area contributed by atoms with Gasteiger partial charge in [-0.15, -0.1) is 0 Å². The lowest BCUT2D eigenvalue weighted by molar-refractivity contribution is 0.523. The summed E-state index contributed by atoms with van der Waals surface area (Å²) in [5.41, 5.74) is 5.03. The Balaban J connectivity index is 2.27. The van der Waals surface area contributed by atoms with E-state index in [1.54, 1.807) is 0 Å². The molecule has 2 nitrogen and oxygen atoms in total. The molecule has 0 radical (unpaired) electrons. The predicted molar refractivity (Wildman–Crippen MR) is 92.6 cm³/mol. The van der Waals surface area contributed by atoms with Crippen LogP contribution in [0.1, 0.15) is 41.8 Å². The van der Waals surface area contributed by atoms with Crippen molar-refractivity contribution in [1.29, 1.82) is 0 Å². The number of nitrogens with one attached hydrogen (secondary N) is 1. The smallest absolute Gasteiger partial charge is 0.0451 e. The van der Waals surface area contributed by atoms with Gasteiger partial charge in [-0.2, -0.15) is 0 Å².